The number of hydrogen-bond acceptors (Lipinski definition) is 3. The van der Waals surface area contributed by atoms with E-state index >= 15 is 0 Å². The van der Waals surface area contributed by atoms with Gasteiger partial charge >= 0.3 is 12.1 Å². The van der Waals surface area contributed by atoms with Crippen molar-refractivity contribution in [2.45, 2.75) is 19.4 Å². The zero-order chi connectivity index (χ0) is 10.9. The van der Waals surface area contributed by atoms with Crippen molar-refractivity contribution in [3.05, 3.63) is 0 Å². The van der Waals surface area contributed by atoms with Crippen molar-refractivity contribution in [1.29, 1.82) is 0 Å². The fraction of sp³-hybridized carbons (Fsp3) is 0.750. The number of amides is 1. The zero-order valence-corrected chi connectivity index (χ0v) is 7.80. The van der Waals surface area contributed by atoms with Crippen molar-refractivity contribution >= 4 is 12.1 Å². The lowest BCUT2D eigenvalue weighted by Gasteiger charge is -2.39. The van der Waals surface area contributed by atoms with Gasteiger partial charge in [0.25, 0.3) is 0 Å². The van der Waals surface area contributed by atoms with E-state index in [0.29, 0.717) is 0 Å². The fourth-order valence-corrected chi connectivity index (χ4v) is 1.55. The Labute approximate surface area is 80.8 Å². The highest BCUT2D eigenvalue weighted by molar-refractivity contribution is 5.77. The van der Waals surface area contributed by atoms with Gasteiger partial charge in [0.05, 0.1) is 6.10 Å². The second kappa shape index (κ2) is 3.45. The van der Waals surface area contributed by atoms with Gasteiger partial charge in [-0.15, -0.1) is 0 Å². The molecular formula is C8H13NO5. The monoisotopic (exact) mass is 203 g/mol. The predicted octanol–water partition coefficient (Wildman–Crippen LogP) is -0.178. The molecule has 6 nitrogen and oxygen atoms in total. The van der Waals surface area contributed by atoms with Crippen LogP contribution in [0.5, 0.6) is 0 Å². The van der Waals surface area contributed by atoms with Gasteiger partial charge in [-0.25, -0.2) is 4.79 Å². The van der Waals surface area contributed by atoms with Crippen LogP contribution in [-0.4, -0.2) is 51.5 Å². The molecular weight excluding hydrogens is 190 g/mol. The maximum atomic E-state index is 10.9. The van der Waals surface area contributed by atoms with E-state index in [9.17, 15) is 14.7 Å². The molecule has 0 radical (unpaired) electrons. The minimum Gasteiger partial charge on any atom is -0.481 e. The van der Waals surface area contributed by atoms with Crippen molar-refractivity contribution in [3.63, 3.8) is 0 Å². The second-order valence-electron chi connectivity index (χ2n) is 3.73. The Morgan fingerprint density at radius 3 is 2.43 bits per heavy atom. The van der Waals surface area contributed by atoms with Gasteiger partial charge < -0.3 is 20.2 Å². The summed E-state index contributed by atoms with van der Waals surface area (Å²) in [6, 6.07) is 0. The number of carbonyl (C=O) groups is 2. The third-order valence-electron chi connectivity index (χ3n) is 2.69. The molecule has 1 saturated heterocycles. The van der Waals surface area contributed by atoms with Crippen LogP contribution in [0.2, 0.25) is 0 Å². The quantitative estimate of drug-likeness (QED) is 0.549. The molecule has 0 bridgehead atoms. The molecule has 0 aromatic carbocycles. The molecule has 0 spiro atoms. The van der Waals surface area contributed by atoms with E-state index in [0.717, 1.165) is 4.90 Å². The van der Waals surface area contributed by atoms with Gasteiger partial charge in [-0.05, 0) is 13.3 Å². The lowest BCUT2D eigenvalue weighted by molar-refractivity contribution is -0.159. The summed E-state index contributed by atoms with van der Waals surface area (Å²) in [6.07, 6.45) is -1.98. The Morgan fingerprint density at radius 1 is 1.43 bits per heavy atom. The SMILES string of the molecule is C[C@@]1(C(=O)O)CN(C(=O)O)CCC1O. The number of hydrogen-bond donors (Lipinski definition) is 3. The molecule has 1 heterocycles. The maximum Gasteiger partial charge on any atom is 0.407 e. The van der Waals surface area contributed by atoms with E-state index < -0.39 is 23.6 Å². The summed E-state index contributed by atoms with van der Waals surface area (Å²) in [5.41, 5.74) is -1.39. The molecule has 6 heteroatoms. The molecule has 1 fully saturated rings. The summed E-state index contributed by atoms with van der Waals surface area (Å²) in [5, 5.41) is 27.1. The smallest absolute Gasteiger partial charge is 0.407 e. The molecule has 0 aliphatic carbocycles. The van der Waals surface area contributed by atoms with Gasteiger partial charge in [-0.1, -0.05) is 0 Å². The van der Waals surface area contributed by atoms with Crippen LogP contribution in [-0.2, 0) is 4.79 Å². The summed E-state index contributed by atoms with van der Waals surface area (Å²) in [5.74, 6) is -1.17. The number of aliphatic hydroxyl groups is 1. The molecule has 2 atom stereocenters. The number of piperidine rings is 1. The number of rotatable bonds is 1. The number of nitrogens with zero attached hydrogens (tertiary/aromatic N) is 1. The molecule has 0 aromatic rings. The first-order valence-electron chi connectivity index (χ1n) is 4.27. The molecule has 1 rings (SSSR count). The van der Waals surface area contributed by atoms with E-state index in [4.69, 9.17) is 10.2 Å². The number of carboxylic acids is 1. The van der Waals surface area contributed by atoms with Gasteiger partial charge in [-0.3, -0.25) is 4.79 Å². The molecule has 1 aliphatic heterocycles. The summed E-state index contributed by atoms with van der Waals surface area (Å²) in [6.45, 7) is 1.37. The summed E-state index contributed by atoms with van der Waals surface area (Å²) < 4.78 is 0. The molecule has 0 aromatic heterocycles. The van der Waals surface area contributed by atoms with Gasteiger partial charge in [0, 0.05) is 13.1 Å². The Kier molecular flexibility index (Phi) is 2.66. The molecule has 3 N–H and O–H groups in total. The fourth-order valence-electron chi connectivity index (χ4n) is 1.55. The standard InChI is InChI=1S/C8H13NO5/c1-8(6(11)12)4-9(7(13)14)3-2-5(8)10/h5,10H,2-4H2,1H3,(H,11,12)(H,13,14)/t5?,8-/m1/s1. The molecule has 1 aliphatic rings. The minimum absolute atomic E-state index is 0.162. The highest BCUT2D eigenvalue weighted by Gasteiger charge is 2.46. The van der Waals surface area contributed by atoms with E-state index in [-0.39, 0.29) is 19.5 Å². The third kappa shape index (κ3) is 1.65. The van der Waals surface area contributed by atoms with Crippen LogP contribution < -0.4 is 0 Å². The lowest BCUT2D eigenvalue weighted by Crippen LogP contribution is -2.55. The van der Waals surface area contributed by atoms with Gasteiger partial charge in [0.1, 0.15) is 5.41 Å². The molecule has 1 amide bonds. The van der Waals surface area contributed by atoms with Crippen molar-refractivity contribution < 1.29 is 24.9 Å². The number of carboxylic acid groups (broad SMARTS) is 2. The normalized spacial score (nSPS) is 32.7. The Balaban J connectivity index is 2.83. The zero-order valence-electron chi connectivity index (χ0n) is 7.80. The van der Waals surface area contributed by atoms with Gasteiger partial charge in [-0.2, -0.15) is 0 Å². The van der Waals surface area contributed by atoms with Crippen molar-refractivity contribution in [1.82, 2.24) is 4.90 Å². The van der Waals surface area contributed by atoms with Crippen LogP contribution in [0.4, 0.5) is 4.79 Å². The first-order valence-corrected chi connectivity index (χ1v) is 4.27. The second-order valence-corrected chi connectivity index (χ2v) is 3.73. The van der Waals surface area contributed by atoms with E-state index in [2.05, 4.69) is 0 Å². The molecule has 80 valence electrons. The summed E-state index contributed by atoms with van der Waals surface area (Å²) >= 11 is 0. The van der Waals surface area contributed by atoms with Crippen LogP contribution >= 0.6 is 0 Å². The predicted molar refractivity (Wildman–Crippen MR) is 46.0 cm³/mol. The molecule has 0 saturated carbocycles. The maximum absolute atomic E-state index is 10.9. The first kappa shape index (κ1) is 10.8. The van der Waals surface area contributed by atoms with E-state index in [1.54, 1.807) is 0 Å². The average molecular weight is 203 g/mol. The average Bonchev–Trinajstić information content (AvgIpc) is 2.09. The van der Waals surface area contributed by atoms with E-state index in [1.165, 1.54) is 6.92 Å². The van der Waals surface area contributed by atoms with Crippen molar-refractivity contribution in [2.24, 2.45) is 5.41 Å². The largest absolute Gasteiger partial charge is 0.481 e. The Hall–Kier alpha value is -1.30. The highest BCUT2D eigenvalue weighted by atomic mass is 16.4. The Bertz CT molecular complexity index is 266. The topological polar surface area (TPSA) is 98.1 Å². The summed E-state index contributed by atoms with van der Waals surface area (Å²) in [4.78, 5) is 22.5. The lowest BCUT2D eigenvalue weighted by atomic mass is 9.79. The number of aliphatic hydroxyl groups excluding tert-OH is 1. The van der Waals surface area contributed by atoms with Crippen LogP contribution in [0.1, 0.15) is 13.3 Å². The van der Waals surface area contributed by atoms with Crippen molar-refractivity contribution in [2.75, 3.05) is 13.1 Å². The van der Waals surface area contributed by atoms with Crippen LogP contribution in [0.15, 0.2) is 0 Å². The highest BCUT2D eigenvalue weighted by Crippen LogP contribution is 2.30. The van der Waals surface area contributed by atoms with Crippen LogP contribution in [0.3, 0.4) is 0 Å². The number of aliphatic carboxylic acids is 1. The van der Waals surface area contributed by atoms with E-state index in [1.807, 2.05) is 0 Å². The Morgan fingerprint density at radius 2 is 2.00 bits per heavy atom. The van der Waals surface area contributed by atoms with Crippen LogP contribution in [0.25, 0.3) is 0 Å². The van der Waals surface area contributed by atoms with Gasteiger partial charge in [0.15, 0.2) is 0 Å². The molecule has 1 unspecified atom stereocenters. The van der Waals surface area contributed by atoms with Crippen molar-refractivity contribution in [3.8, 4) is 0 Å². The van der Waals surface area contributed by atoms with Crippen LogP contribution in [0, 0.1) is 5.41 Å². The van der Waals surface area contributed by atoms with Gasteiger partial charge in [0.2, 0.25) is 0 Å². The minimum atomic E-state index is -1.39. The third-order valence-corrected chi connectivity index (χ3v) is 2.69. The first-order chi connectivity index (χ1) is 6.38. The summed E-state index contributed by atoms with van der Waals surface area (Å²) in [7, 11) is 0. The molecule has 14 heavy (non-hydrogen) atoms. The number of likely N-dealkylation sites (tertiary alicyclic amines) is 1.